The number of hydrogen-bond acceptors (Lipinski definition) is 2. The van der Waals surface area contributed by atoms with Crippen molar-refractivity contribution in [3.63, 3.8) is 0 Å². The first-order valence-corrected chi connectivity index (χ1v) is 6.64. The van der Waals surface area contributed by atoms with Crippen LogP contribution in [0.3, 0.4) is 0 Å². The molecule has 0 saturated heterocycles. The van der Waals surface area contributed by atoms with E-state index < -0.39 is 0 Å². The number of methoxy groups -OCH3 is 1. The van der Waals surface area contributed by atoms with Gasteiger partial charge in [-0.1, -0.05) is 43.2 Å². The number of hydrogen-bond donors (Lipinski definition) is 1. The fourth-order valence-electron chi connectivity index (χ4n) is 2.78. The maximum atomic E-state index is 11.7. The van der Waals surface area contributed by atoms with Crippen LogP contribution in [0.1, 0.15) is 37.2 Å². The molecule has 1 amide bonds. The smallest absolute Gasteiger partial charge is 0.246 e. The average molecular weight is 247 g/mol. The zero-order valence-corrected chi connectivity index (χ0v) is 10.9. The van der Waals surface area contributed by atoms with Crippen molar-refractivity contribution in [2.45, 2.75) is 37.6 Å². The third-order valence-corrected chi connectivity index (χ3v) is 3.62. The second-order valence-electron chi connectivity index (χ2n) is 4.91. The Morgan fingerprint density at radius 3 is 2.72 bits per heavy atom. The minimum Gasteiger partial charge on any atom is -0.375 e. The molecule has 1 aromatic rings. The van der Waals surface area contributed by atoms with E-state index in [4.69, 9.17) is 4.74 Å². The zero-order valence-electron chi connectivity index (χ0n) is 10.9. The summed E-state index contributed by atoms with van der Waals surface area (Å²) in [5.74, 6) is 0.436. The largest absolute Gasteiger partial charge is 0.375 e. The molecule has 0 aromatic heterocycles. The maximum absolute atomic E-state index is 11.7. The Balaban J connectivity index is 2.04. The molecule has 2 atom stereocenters. The summed E-state index contributed by atoms with van der Waals surface area (Å²) in [6.45, 7) is 0.151. The number of nitrogens with one attached hydrogen (secondary N) is 1. The Kier molecular flexibility index (Phi) is 4.76. The standard InChI is InChI=1S/C15H21NO2/c1-18-11-15(17)16-14-10-6-5-9-13(14)12-7-3-2-4-8-12/h2-4,7-8,13-14H,5-6,9-11H2,1H3,(H,16,17)/t13-,14+/m0/s1. The van der Waals surface area contributed by atoms with E-state index in [0.717, 1.165) is 12.8 Å². The molecular weight excluding hydrogens is 226 g/mol. The van der Waals surface area contributed by atoms with Crippen molar-refractivity contribution in [1.82, 2.24) is 5.32 Å². The SMILES string of the molecule is COCC(=O)N[C@@H]1CCCC[C@H]1c1ccccc1. The second kappa shape index (κ2) is 6.55. The zero-order chi connectivity index (χ0) is 12.8. The van der Waals surface area contributed by atoms with E-state index in [1.165, 1.54) is 18.4 Å². The van der Waals surface area contributed by atoms with Crippen molar-refractivity contribution in [2.24, 2.45) is 0 Å². The lowest BCUT2D eigenvalue weighted by Gasteiger charge is -2.32. The minimum atomic E-state index is -0.00895. The number of rotatable bonds is 4. The van der Waals surface area contributed by atoms with Crippen LogP contribution < -0.4 is 5.32 Å². The first-order valence-electron chi connectivity index (χ1n) is 6.64. The summed E-state index contributed by atoms with van der Waals surface area (Å²) in [4.78, 5) is 11.7. The van der Waals surface area contributed by atoms with E-state index in [-0.39, 0.29) is 18.6 Å². The van der Waals surface area contributed by atoms with Crippen molar-refractivity contribution in [3.05, 3.63) is 35.9 Å². The van der Waals surface area contributed by atoms with Crippen LogP contribution in [0.4, 0.5) is 0 Å². The first-order chi connectivity index (χ1) is 8.81. The van der Waals surface area contributed by atoms with Gasteiger partial charge in [0.2, 0.25) is 5.91 Å². The Labute approximate surface area is 109 Å². The molecule has 0 spiro atoms. The molecule has 3 nitrogen and oxygen atoms in total. The molecular formula is C15H21NO2. The second-order valence-corrected chi connectivity index (χ2v) is 4.91. The van der Waals surface area contributed by atoms with Gasteiger partial charge in [-0.15, -0.1) is 0 Å². The Morgan fingerprint density at radius 2 is 2.00 bits per heavy atom. The third-order valence-electron chi connectivity index (χ3n) is 3.62. The Bertz CT molecular complexity index is 377. The van der Waals surface area contributed by atoms with Crippen LogP contribution in [0, 0.1) is 0 Å². The van der Waals surface area contributed by atoms with Crippen LogP contribution in [0.2, 0.25) is 0 Å². The summed E-state index contributed by atoms with van der Waals surface area (Å²) in [5, 5.41) is 3.10. The van der Waals surface area contributed by atoms with Crippen molar-refractivity contribution < 1.29 is 9.53 Å². The van der Waals surface area contributed by atoms with Gasteiger partial charge in [0.25, 0.3) is 0 Å². The van der Waals surface area contributed by atoms with Gasteiger partial charge >= 0.3 is 0 Å². The molecule has 0 unspecified atom stereocenters. The quantitative estimate of drug-likeness (QED) is 0.887. The van der Waals surface area contributed by atoms with Gasteiger partial charge in [0.15, 0.2) is 0 Å². The number of amides is 1. The van der Waals surface area contributed by atoms with Crippen molar-refractivity contribution >= 4 is 5.91 Å². The molecule has 1 saturated carbocycles. The van der Waals surface area contributed by atoms with Gasteiger partial charge in [-0.25, -0.2) is 0 Å². The molecule has 1 fully saturated rings. The molecule has 0 heterocycles. The Morgan fingerprint density at radius 1 is 1.28 bits per heavy atom. The van der Waals surface area contributed by atoms with Gasteiger partial charge in [0.05, 0.1) is 0 Å². The van der Waals surface area contributed by atoms with Crippen LogP contribution in [0.25, 0.3) is 0 Å². The van der Waals surface area contributed by atoms with Crippen molar-refractivity contribution in [1.29, 1.82) is 0 Å². The van der Waals surface area contributed by atoms with E-state index in [0.29, 0.717) is 5.92 Å². The fraction of sp³-hybridized carbons (Fsp3) is 0.533. The van der Waals surface area contributed by atoms with E-state index >= 15 is 0 Å². The summed E-state index contributed by atoms with van der Waals surface area (Å²) < 4.78 is 4.87. The van der Waals surface area contributed by atoms with E-state index in [2.05, 4.69) is 29.6 Å². The average Bonchev–Trinajstić information content (AvgIpc) is 2.40. The van der Waals surface area contributed by atoms with Gasteiger partial charge in [0.1, 0.15) is 6.61 Å². The molecule has 2 rings (SSSR count). The van der Waals surface area contributed by atoms with Gasteiger partial charge in [-0.05, 0) is 18.4 Å². The van der Waals surface area contributed by atoms with Crippen LogP contribution in [0.5, 0.6) is 0 Å². The molecule has 3 heteroatoms. The fourth-order valence-corrected chi connectivity index (χ4v) is 2.78. The van der Waals surface area contributed by atoms with Gasteiger partial charge in [-0.2, -0.15) is 0 Å². The summed E-state index contributed by atoms with van der Waals surface area (Å²) >= 11 is 0. The molecule has 18 heavy (non-hydrogen) atoms. The highest BCUT2D eigenvalue weighted by molar-refractivity contribution is 5.77. The molecule has 0 aliphatic heterocycles. The van der Waals surface area contributed by atoms with Crippen molar-refractivity contribution in [3.8, 4) is 0 Å². The minimum absolute atomic E-state index is 0.00895. The lowest BCUT2D eigenvalue weighted by Crippen LogP contribution is -2.42. The molecule has 0 bridgehead atoms. The van der Waals surface area contributed by atoms with Gasteiger partial charge in [0, 0.05) is 19.1 Å². The van der Waals surface area contributed by atoms with E-state index in [1.807, 2.05) is 6.07 Å². The van der Waals surface area contributed by atoms with Crippen molar-refractivity contribution in [2.75, 3.05) is 13.7 Å². The highest BCUT2D eigenvalue weighted by Gasteiger charge is 2.27. The van der Waals surface area contributed by atoms with Gasteiger partial charge in [-0.3, -0.25) is 4.79 Å². The van der Waals surface area contributed by atoms with E-state index in [9.17, 15) is 4.79 Å². The highest BCUT2D eigenvalue weighted by atomic mass is 16.5. The monoisotopic (exact) mass is 247 g/mol. The summed E-state index contributed by atoms with van der Waals surface area (Å²) in [6, 6.07) is 10.7. The van der Waals surface area contributed by atoms with Crippen LogP contribution in [-0.2, 0) is 9.53 Å². The van der Waals surface area contributed by atoms with Crippen LogP contribution >= 0.6 is 0 Å². The lowest BCUT2D eigenvalue weighted by atomic mass is 9.80. The molecule has 1 N–H and O–H groups in total. The topological polar surface area (TPSA) is 38.3 Å². The lowest BCUT2D eigenvalue weighted by molar-refractivity contribution is -0.125. The summed E-state index contributed by atoms with van der Waals surface area (Å²) in [6.07, 6.45) is 4.66. The number of carbonyl (C=O) groups excluding carboxylic acids is 1. The molecule has 1 aliphatic rings. The third kappa shape index (κ3) is 3.33. The first kappa shape index (κ1) is 13.1. The molecule has 1 aromatic carbocycles. The normalized spacial score (nSPS) is 23.6. The van der Waals surface area contributed by atoms with Gasteiger partial charge < -0.3 is 10.1 Å². The predicted octanol–water partition coefficient (Wildman–Crippen LogP) is 2.48. The number of carbonyl (C=O) groups is 1. The van der Waals surface area contributed by atoms with E-state index in [1.54, 1.807) is 7.11 Å². The summed E-state index contributed by atoms with van der Waals surface area (Å²) in [7, 11) is 1.55. The number of ether oxygens (including phenoxy) is 1. The molecule has 98 valence electrons. The predicted molar refractivity (Wildman–Crippen MR) is 71.5 cm³/mol. The van der Waals surface area contributed by atoms with Crippen LogP contribution in [0.15, 0.2) is 30.3 Å². The Hall–Kier alpha value is -1.35. The number of benzene rings is 1. The maximum Gasteiger partial charge on any atom is 0.246 e. The van der Waals surface area contributed by atoms with Crippen LogP contribution in [-0.4, -0.2) is 25.7 Å². The highest BCUT2D eigenvalue weighted by Crippen LogP contribution is 2.32. The molecule has 0 radical (unpaired) electrons. The molecule has 1 aliphatic carbocycles. The summed E-state index contributed by atoms with van der Waals surface area (Å²) in [5.41, 5.74) is 1.33.